The largest absolute Gasteiger partial charge is 0.474 e. The highest BCUT2D eigenvalue weighted by Gasteiger charge is 2.45. The van der Waals surface area contributed by atoms with E-state index in [0.717, 1.165) is 31.2 Å². The van der Waals surface area contributed by atoms with Crippen LogP contribution in [0.4, 0.5) is 4.79 Å². The van der Waals surface area contributed by atoms with Crippen molar-refractivity contribution in [1.82, 2.24) is 9.88 Å². The summed E-state index contributed by atoms with van der Waals surface area (Å²) in [6.07, 6.45) is 5.53. The van der Waals surface area contributed by atoms with Crippen molar-refractivity contribution in [3.8, 4) is 5.88 Å². The van der Waals surface area contributed by atoms with Crippen LogP contribution < -0.4 is 4.74 Å². The minimum atomic E-state index is -0.449. The van der Waals surface area contributed by atoms with Gasteiger partial charge in [-0.1, -0.05) is 6.07 Å². The van der Waals surface area contributed by atoms with E-state index < -0.39 is 5.60 Å². The minimum Gasteiger partial charge on any atom is -0.474 e. The van der Waals surface area contributed by atoms with Crippen LogP contribution in [0, 0.1) is 6.92 Å². The molecule has 23 heavy (non-hydrogen) atoms. The fraction of sp³-hybridized carbons (Fsp3) is 0.667. The summed E-state index contributed by atoms with van der Waals surface area (Å²) in [5, 5.41) is 0. The molecular weight excluding hydrogens is 292 g/mol. The summed E-state index contributed by atoms with van der Waals surface area (Å²) in [5.41, 5.74) is 0.674. The Morgan fingerprint density at radius 2 is 1.87 bits per heavy atom. The molecule has 1 unspecified atom stereocenters. The van der Waals surface area contributed by atoms with Gasteiger partial charge < -0.3 is 14.4 Å². The molecule has 2 bridgehead atoms. The SMILES string of the molecule is Cc1ccc(OC2C[C@H]3CC[C@@H](C2)N3C(=O)OC(C)(C)C)nc1. The Balaban J connectivity index is 1.62. The van der Waals surface area contributed by atoms with Gasteiger partial charge in [0.2, 0.25) is 5.88 Å². The summed E-state index contributed by atoms with van der Waals surface area (Å²) >= 11 is 0. The number of aryl methyl sites for hydroxylation is 1. The molecule has 5 nitrogen and oxygen atoms in total. The Morgan fingerprint density at radius 3 is 2.39 bits per heavy atom. The van der Waals surface area contributed by atoms with E-state index in [2.05, 4.69) is 4.98 Å². The van der Waals surface area contributed by atoms with Gasteiger partial charge in [-0.2, -0.15) is 0 Å². The van der Waals surface area contributed by atoms with Crippen molar-refractivity contribution < 1.29 is 14.3 Å². The summed E-state index contributed by atoms with van der Waals surface area (Å²) in [5.74, 6) is 0.672. The molecule has 0 saturated carbocycles. The van der Waals surface area contributed by atoms with Crippen LogP contribution in [0.3, 0.4) is 0 Å². The number of ether oxygens (including phenoxy) is 2. The molecule has 0 radical (unpaired) electrons. The molecule has 3 rings (SSSR count). The van der Waals surface area contributed by atoms with E-state index in [0.29, 0.717) is 5.88 Å². The van der Waals surface area contributed by atoms with Crippen LogP contribution in [0.15, 0.2) is 18.3 Å². The number of rotatable bonds is 2. The molecule has 5 heteroatoms. The first kappa shape index (κ1) is 16.1. The maximum Gasteiger partial charge on any atom is 0.410 e. The van der Waals surface area contributed by atoms with Crippen molar-refractivity contribution in [3.05, 3.63) is 23.9 Å². The van der Waals surface area contributed by atoms with E-state index in [1.54, 1.807) is 0 Å². The Morgan fingerprint density at radius 1 is 1.22 bits per heavy atom. The second kappa shape index (κ2) is 6.02. The molecule has 1 aromatic rings. The van der Waals surface area contributed by atoms with Crippen LogP contribution in [0.5, 0.6) is 5.88 Å². The summed E-state index contributed by atoms with van der Waals surface area (Å²) in [4.78, 5) is 18.7. The Hall–Kier alpha value is -1.78. The molecular formula is C18H26N2O3. The van der Waals surface area contributed by atoms with Gasteiger partial charge in [-0.05, 0) is 46.1 Å². The molecule has 0 spiro atoms. The van der Waals surface area contributed by atoms with E-state index in [4.69, 9.17) is 9.47 Å². The fourth-order valence-electron chi connectivity index (χ4n) is 3.53. The van der Waals surface area contributed by atoms with Crippen LogP contribution in [0.1, 0.15) is 52.0 Å². The van der Waals surface area contributed by atoms with E-state index in [9.17, 15) is 4.79 Å². The van der Waals surface area contributed by atoms with E-state index in [1.165, 1.54) is 0 Å². The number of hydrogen-bond donors (Lipinski definition) is 0. The maximum atomic E-state index is 12.4. The van der Waals surface area contributed by atoms with Gasteiger partial charge in [-0.15, -0.1) is 0 Å². The molecule has 126 valence electrons. The van der Waals surface area contributed by atoms with Crippen LogP contribution in [0.25, 0.3) is 0 Å². The molecule has 2 aliphatic heterocycles. The fourth-order valence-corrected chi connectivity index (χ4v) is 3.53. The summed E-state index contributed by atoms with van der Waals surface area (Å²) in [6, 6.07) is 4.36. The van der Waals surface area contributed by atoms with Crippen LogP contribution in [-0.4, -0.2) is 39.8 Å². The third-order valence-electron chi connectivity index (χ3n) is 4.47. The highest BCUT2D eigenvalue weighted by molar-refractivity contribution is 5.69. The first-order chi connectivity index (χ1) is 10.8. The number of carbonyl (C=O) groups excluding carboxylic acids is 1. The van der Waals surface area contributed by atoms with Crippen molar-refractivity contribution in [2.24, 2.45) is 0 Å². The zero-order chi connectivity index (χ0) is 16.6. The molecule has 2 fully saturated rings. The number of pyridine rings is 1. The number of aromatic nitrogens is 1. The second-order valence-corrected chi connectivity index (χ2v) is 7.66. The van der Waals surface area contributed by atoms with E-state index >= 15 is 0 Å². The lowest BCUT2D eigenvalue weighted by Gasteiger charge is -2.39. The molecule has 2 aliphatic rings. The molecule has 2 saturated heterocycles. The van der Waals surface area contributed by atoms with Crippen molar-refractivity contribution in [2.45, 2.75) is 77.2 Å². The number of piperidine rings is 1. The number of nitrogens with zero attached hydrogens (tertiary/aromatic N) is 2. The molecule has 0 N–H and O–H groups in total. The lowest BCUT2D eigenvalue weighted by Crippen LogP contribution is -2.50. The van der Waals surface area contributed by atoms with Crippen LogP contribution in [-0.2, 0) is 4.74 Å². The first-order valence-electron chi connectivity index (χ1n) is 8.42. The van der Waals surface area contributed by atoms with E-state index in [-0.39, 0.29) is 24.3 Å². The standard InChI is InChI=1S/C18H26N2O3/c1-12-5-8-16(19-11-12)22-15-9-13-6-7-14(10-15)20(13)17(21)23-18(2,3)4/h5,8,11,13-15H,6-7,9-10H2,1-4H3/t13-,14+,15?. The molecule has 1 aromatic heterocycles. The van der Waals surface area contributed by atoms with E-state index in [1.807, 2.05) is 50.9 Å². The second-order valence-electron chi connectivity index (χ2n) is 7.66. The summed E-state index contributed by atoms with van der Waals surface area (Å²) < 4.78 is 11.6. The predicted molar refractivity (Wildman–Crippen MR) is 87.5 cm³/mol. The Labute approximate surface area is 138 Å². The van der Waals surface area contributed by atoms with Crippen LogP contribution in [0.2, 0.25) is 0 Å². The normalized spacial score (nSPS) is 27.0. The molecule has 1 amide bonds. The summed E-state index contributed by atoms with van der Waals surface area (Å²) in [7, 11) is 0. The number of hydrogen-bond acceptors (Lipinski definition) is 4. The molecule has 0 aliphatic carbocycles. The van der Waals surface area contributed by atoms with Gasteiger partial charge in [0.15, 0.2) is 0 Å². The number of amides is 1. The van der Waals surface area contributed by atoms with Gasteiger partial charge in [-0.3, -0.25) is 0 Å². The number of fused-ring (bicyclic) bond motifs is 2. The quantitative estimate of drug-likeness (QED) is 0.834. The van der Waals surface area contributed by atoms with Gasteiger partial charge in [-0.25, -0.2) is 9.78 Å². The number of carbonyl (C=O) groups is 1. The van der Waals surface area contributed by atoms with Crippen molar-refractivity contribution in [3.63, 3.8) is 0 Å². The molecule has 3 heterocycles. The average molecular weight is 318 g/mol. The van der Waals surface area contributed by atoms with Crippen molar-refractivity contribution in [1.29, 1.82) is 0 Å². The third-order valence-corrected chi connectivity index (χ3v) is 4.47. The summed E-state index contributed by atoms with van der Waals surface area (Å²) in [6.45, 7) is 7.74. The lowest BCUT2D eigenvalue weighted by molar-refractivity contribution is -0.00759. The highest BCUT2D eigenvalue weighted by atomic mass is 16.6. The molecule has 3 atom stereocenters. The van der Waals surface area contributed by atoms with Gasteiger partial charge in [0.1, 0.15) is 11.7 Å². The van der Waals surface area contributed by atoms with Gasteiger partial charge >= 0.3 is 6.09 Å². The maximum absolute atomic E-state index is 12.4. The minimum absolute atomic E-state index is 0.126. The average Bonchev–Trinajstić information content (AvgIpc) is 2.72. The van der Waals surface area contributed by atoms with Gasteiger partial charge in [0.25, 0.3) is 0 Å². The smallest absolute Gasteiger partial charge is 0.410 e. The Kier molecular flexibility index (Phi) is 4.21. The predicted octanol–water partition coefficient (Wildman–Crippen LogP) is 3.70. The Bertz CT molecular complexity index is 551. The highest BCUT2D eigenvalue weighted by Crippen LogP contribution is 2.38. The zero-order valence-electron chi connectivity index (χ0n) is 14.4. The van der Waals surface area contributed by atoms with Gasteiger partial charge in [0, 0.05) is 37.2 Å². The van der Waals surface area contributed by atoms with Crippen molar-refractivity contribution in [2.75, 3.05) is 0 Å². The topological polar surface area (TPSA) is 51.7 Å². The van der Waals surface area contributed by atoms with Crippen molar-refractivity contribution >= 4 is 6.09 Å². The third kappa shape index (κ3) is 3.77. The monoisotopic (exact) mass is 318 g/mol. The zero-order valence-corrected chi connectivity index (χ0v) is 14.4. The molecule has 0 aromatic carbocycles. The van der Waals surface area contributed by atoms with Crippen LogP contribution >= 0.6 is 0 Å². The first-order valence-corrected chi connectivity index (χ1v) is 8.42. The lowest BCUT2D eigenvalue weighted by atomic mass is 10.0. The van der Waals surface area contributed by atoms with Gasteiger partial charge in [0.05, 0.1) is 0 Å².